The van der Waals surface area contributed by atoms with Crippen LogP contribution in [-0.4, -0.2) is 44.0 Å². The summed E-state index contributed by atoms with van der Waals surface area (Å²) in [4.78, 5) is 12.7. The van der Waals surface area contributed by atoms with Crippen molar-refractivity contribution in [3.05, 3.63) is 47.7 Å². The number of hydrogen-bond donors (Lipinski definition) is 2. The Morgan fingerprint density at radius 3 is 2.76 bits per heavy atom. The van der Waals surface area contributed by atoms with Crippen LogP contribution in [-0.2, 0) is 13.0 Å². The third-order valence-corrected chi connectivity index (χ3v) is 5.76. The fourth-order valence-corrected chi connectivity index (χ4v) is 3.91. The molecule has 1 aromatic carbocycles. The van der Waals surface area contributed by atoms with Gasteiger partial charge in [-0.05, 0) is 56.0 Å². The highest BCUT2D eigenvalue weighted by Gasteiger charge is 2.31. The molecule has 1 aliphatic heterocycles. The molecule has 2 aromatic heterocycles. The molecule has 1 amide bonds. The van der Waals surface area contributed by atoms with E-state index >= 15 is 0 Å². The quantitative estimate of drug-likeness (QED) is 0.696. The van der Waals surface area contributed by atoms with Crippen LogP contribution in [0.2, 0.25) is 0 Å². The van der Waals surface area contributed by atoms with Crippen LogP contribution in [0.3, 0.4) is 0 Å². The van der Waals surface area contributed by atoms with E-state index in [1.807, 2.05) is 24.3 Å². The molecular weight excluding hydrogens is 368 g/mol. The SMILES string of the molecule is COc1ccc(-c2cc(C(=O)NC3CCc4nnc(C5CC5)n4CC3)[nH]n2)cc1. The predicted molar refractivity (Wildman–Crippen MR) is 107 cm³/mol. The van der Waals surface area contributed by atoms with Gasteiger partial charge >= 0.3 is 0 Å². The second-order valence-corrected chi connectivity index (χ2v) is 7.79. The van der Waals surface area contributed by atoms with Crippen molar-refractivity contribution in [1.82, 2.24) is 30.3 Å². The van der Waals surface area contributed by atoms with E-state index in [4.69, 9.17) is 4.74 Å². The van der Waals surface area contributed by atoms with Gasteiger partial charge in [0, 0.05) is 30.5 Å². The van der Waals surface area contributed by atoms with Gasteiger partial charge in [0.1, 0.15) is 23.1 Å². The molecule has 0 radical (unpaired) electrons. The maximum absolute atomic E-state index is 12.7. The van der Waals surface area contributed by atoms with Gasteiger partial charge in [-0.25, -0.2) is 0 Å². The Morgan fingerprint density at radius 1 is 1.17 bits per heavy atom. The highest BCUT2D eigenvalue weighted by Crippen LogP contribution is 2.39. The molecule has 1 saturated carbocycles. The molecule has 0 bridgehead atoms. The van der Waals surface area contributed by atoms with Crippen LogP contribution in [0.5, 0.6) is 5.75 Å². The Labute approximate surface area is 168 Å². The molecule has 0 spiro atoms. The van der Waals surface area contributed by atoms with Crippen LogP contribution in [0, 0.1) is 0 Å². The smallest absolute Gasteiger partial charge is 0.269 e. The number of fused-ring (bicyclic) bond motifs is 1. The molecule has 8 heteroatoms. The number of rotatable bonds is 5. The summed E-state index contributed by atoms with van der Waals surface area (Å²) in [6, 6.07) is 9.51. The number of nitrogens with one attached hydrogen (secondary N) is 2. The lowest BCUT2D eigenvalue weighted by molar-refractivity contribution is 0.0928. The molecule has 1 unspecified atom stereocenters. The molecule has 2 N–H and O–H groups in total. The normalized spacial score (nSPS) is 18.7. The van der Waals surface area contributed by atoms with E-state index in [9.17, 15) is 4.79 Å². The first-order valence-electron chi connectivity index (χ1n) is 10.1. The van der Waals surface area contributed by atoms with Gasteiger partial charge in [-0.1, -0.05) is 0 Å². The van der Waals surface area contributed by atoms with Gasteiger partial charge in [-0.2, -0.15) is 5.10 Å². The minimum Gasteiger partial charge on any atom is -0.497 e. The van der Waals surface area contributed by atoms with Crippen molar-refractivity contribution >= 4 is 5.91 Å². The molecule has 0 saturated heterocycles. The minimum absolute atomic E-state index is 0.115. The first-order valence-corrected chi connectivity index (χ1v) is 10.1. The number of aromatic nitrogens is 5. The van der Waals surface area contributed by atoms with E-state index in [1.165, 1.54) is 12.8 Å². The number of nitrogens with zero attached hydrogens (tertiary/aromatic N) is 4. The van der Waals surface area contributed by atoms with Gasteiger partial charge < -0.3 is 14.6 Å². The zero-order valence-corrected chi connectivity index (χ0v) is 16.4. The van der Waals surface area contributed by atoms with E-state index in [0.717, 1.165) is 54.5 Å². The molecule has 2 aliphatic rings. The average Bonchev–Trinajstić information content (AvgIpc) is 3.39. The molecule has 1 aliphatic carbocycles. The lowest BCUT2D eigenvalue weighted by atomic mass is 10.1. The van der Waals surface area contributed by atoms with E-state index in [2.05, 4.69) is 30.3 Å². The van der Waals surface area contributed by atoms with Crippen LogP contribution >= 0.6 is 0 Å². The van der Waals surface area contributed by atoms with E-state index in [1.54, 1.807) is 13.2 Å². The van der Waals surface area contributed by atoms with Crippen LogP contribution < -0.4 is 10.1 Å². The van der Waals surface area contributed by atoms with Crippen LogP contribution in [0.15, 0.2) is 30.3 Å². The number of amides is 1. The molecular formula is C21H24N6O2. The lowest BCUT2D eigenvalue weighted by Gasteiger charge is -2.15. The van der Waals surface area contributed by atoms with Crippen LogP contribution in [0.1, 0.15) is 53.7 Å². The summed E-state index contributed by atoms with van der Waals surface area (Å²) in [5, 5.41) is 19.1. The summed E-state index contributed by atoms with van der Waals surface area (Å²) in [7, 11) is 1.63. The number of aromatic amines is 1. The third-order valence-electron chi connectivity index (χ3n) is 5.76. The Bertz CT molecular complexity index is 1020. The van der Waals surface area contributed by atoms with Gasteiger partial charge in [-0.15, -0.1) is 10.2 Å². The fraction of sp³-hybridized carbons (Fsp3) is 0.429. The molecule has 3 heterocycles. The standard InChI is InChI=1S/C21H24N6O2/c1-29-16-7-4-13(5-8-16)17-12-18(24-23-17)21(28)22-15-6-9-19-25-26-20(14-2-3-14)27(19)11-10-15/h4-5,7-8,12,14-15H,2-3,6,9-11H2,1H3,(H,22,28)(H,23,24). The number of carbonyl (C=O) groups is 1. The Balaban J connectivity index is 1.23. The van der Waals surface area contributed by atoms with Gasteiger partial charge in [0.05, 0.1) is 12.8 Å². The highest BCUT2D eigenvalue weighted by atomic mass is 16.5. The summed E-state index contributed by atoms with van der Waals surface area (Å²) in [6.07, 6.45) is 5.03. The van der Waals surface area contributed by atoms with E-state index < -0.39 is 0 Å². The Kier molecular flexibility index (Phi) is 4.54. The number of benzene rings is 1. The predicted octanol–water partition coefficient (Wildman–Crippen LogP) is 2.69. The van der Waals surface area contributed by atoms with Gasteiger partial charge in [0.25, 0.3) is 5.91 Å². The summed E-state index contributed by atoms with van der Waals surface area (Å²) >= 11 is 0. The number of ether oxygens (including phenoxy) is 1. The molecule has 1 fully saturated rings. The third kappa shape index (κ3) is 3.62. The van der Waals surface area contributed by atoms with Crippen LogP contribution in [0.25, 0.3) is 11.3 Å². The fourth-order valence-electron chi connectivity index (χ4n) is 3.91. The van der Waals surface area contributed by atoms with Crippen molar-refractivity contribution in [2.75, 3.05) is 7.11 Å². The summed E-state index contributed by atoms with van der Waals surface area (Å²) in [5.41, 5.74) is 2.14. The average molecular weight is 392 g/mol. The first-order chi connectivity index (χ1) is 14.2. The van der Waals surface area contributed by atoms with Crippen LogP contribution in [0.4, 0.5) is 0 Å². The number of hydrogen-bond acceptors (Lipinski definition) is 5. The van der Waals surface area contributed by atoms with Crippen molar-refractivity contribution in [2.45, 2.75) is 50.6 Å². The van der Waals surface area contributed by atoms with E-state index in [0.29, 0.717) is 11.6 Å². The number of methoxy groups -OCH3 is 1. The second kappa shape index (κ2) is 7.35. The van der Waals surface area contributed by atoms with Crippen molar-refractivity contribution < 1.29 is 9.53 Å². The first kappa shape index (κ1) is 17.9. The van der Waals surface area contributed by atoms with Crippen molar-refractivity contribution in [3.8, 4) is 17.0 Å². The summed E-state index contributed by atoms with van der Waals surface area (Å²) in [5.74, 6) is 3.43. The maximum Gasteiger partial charge on any atom is 0.269 e. The molecule has 8 nitrogen and oxygen atoms in total. The minimum atomic E-state index is -0.123. The van der Waals surface area contributed by atoms with Gasteiger partial charge in [0.15, 0.2) is 0 Å². The topological polar surface area (TPSA) is 97.7 Å². The van der Waals surface area contributed by atoms with E-state index in [-0.39, 0.29) is 11.9 Å². The lowest BCUT2D eigenvalue weighted by Crippen LogP contribution is -2.35. The molecule has 5 rings (SSSR count). The molecule has 29 heavy (non-hydrogen) atoms. The maximum atomic E-state index is 12.7. The zero-order chi connectivity index (χ0) is 19.8. The molecule has 3 aromatic rings. The largest absolute Gasteiger partial charge is 0.497 e. The Morgan fingerprint density at radius 2 is 2.00 bits per heavy atom. The van der Waals surface area contributed by atoms with Crippen molar-refractivity contribution in [1.29, 1.82) is 0 Å². The Hall–Kier alpha value is -3.16. The molecule has 150 valence electrons. The highest BCUT2D eigenvalue weighted by molar-refractivity contribution is 5.93. The molecule has 1 atom stereocenters. The second-order valence-electron chi connectivity index (χ2n) is 7.79. The number of carbonyl (C=O) groups excluding carboxylic acids is 1. The zero-order valence-electron chi connectivity index (χ0n) is 16.4. The van der Waals surface area contributed by atoms with Gasteiger partial charge in [0.2, 0.25) is 0 Å². The van der Waals surface area contributed by atoms with Crippen molar-refractivity contribution in [2.24, 2.45) is 0 Å². The summed E-state index contributed by atoms with van der Waals surface area (Å²) in [6.45, 7) is 0.860. The monoisotopic (exact) mass is 392 g/mol. The summed E-state index contributed by atoms with van der Waals surface area (Å²) < 4.78 is 7.45. The van der Waals surface area contributed by atoms with Gasteiger partial charge in [-0.3, -0.25) is 9.89 Å². The number of H-pyrrole nitrogens is 1. The number of aryl methyl sites for hydroxylation is 1. The van der Waals surface area contributed by atoms with Crippen molar-refractivity contribution in [3.63, 3.8) is 0 Å².